The number of carbonyl (C=O) groups excluding carboxylic acids is 1. The molecule has 2 aromatic carbocycles. The lowest BCUT2D eigenvalue weighted by atomic mass is 10.1. The van der Waals surface area contributed by atoms with Crippen molar-refractivity contribution in [3.05, 3.63) is 48.0 Å². The summed E-state index contributed by atoms with van der Waals surface area (Å²) < 4.78 is 39.9. The first-order valence-electron chi connectivity index (χ1n) is 9.44. The van der Waals surface area contributed by atoms with Crippen LogP contribution < -0.4 is 19.1 Å². The number of anilines is 2. The molecule has 0 aliphatic carbocycles. The van der Waals surface area contributed by atoms with E-state index in [0.29, 0.717) is 26.7 Å². The van der Waals surface area contributed by atoms with Gasteiger partial charge in [-0.3, -0.25) is 14.4 Å². The Morgan fingerprint density at radius 2 is 2.00 bits per heavy atom. The molecule has 2 heterocycles. The first-order valence-corrected chi connectivity index (χ1v) is 12.9. The van der Waals surface area contributed by atoms with Gasteiger partial charge in [0.25, 0.3) is 15.9 Å². The summed E-state index contributed by atoms with van der Waals surface area (Å²) >= 11 is 2.64. The third kappa shape index (κ3) is 4.38. The van der Waals surface area contributed by atoms with Crippen LogP contribution in [-0.2, 0) is 14.8 Å². The number of hydrogen-bond acceptors (Lipinski definition) is 9. The van der Waals surface area contributed by atoms with Gasteiger partial charge >= 0.3 is 0 Å². The van der Waals surface area contributed by atoms with Gasteiger partial charge in [-0.25, -0.2) is 8.42 Å². The van der Waals surface area contributed by atoms with Gasteiger partial charge in [-0.1, -0.05) is 29.2 Å². The highest BCUT2D eigenvalue weighted by Crippen LogP contribution is 2.38. The van der Waals surface area contributed by atoms with Crippen LogP contribution in [0.3, 0.4) is 0 Å². The van der Waals surface area contributed by atoms with Crippen LogP contribution in [0.4, 0.5) is 10.8 Å². The van der Waals surface area contributed by atoms with Gasteiger partial charge in [0.05, 0.1) is 24.2 Å². The lowest BCUT2D eigenvalue weighted by Crippen LogP contribution is -2.48. The van der Waals surface area contributed by atoms with Gasteiger partial charge in [0.2, 0.25) is 5.13 Å². The van der Waals surface area contributed by atoms with E-state index >= 15 is 0 Å². The quantitative estimate of drug-likeness (QED) is 0.413. The van der Waals surface area contributed by atoms with Crippen molar-refractivity contribution in [2.75, 3.05) is 29.5 Å². The van der Waals surface area contributed by atoms with Crippen molar-refractivity contribution in [1.82, 2.24) is 10.2 Å². The van der Waals surface area contributed by atoms with E-state index in [-0.39, 0.29) is 11.4 Å². The Kier molecular flexibility index (Phi) is 6.26. The third-order valence-electron chi connectivity index (χ3n) is 4.74. The molecule has 1 aliphatic heterocycles. The number of rotatable bonds is 6. The number of benzene rings is 2. The fourth-order valence-corrected chi connectivity index (χ4v) is 5.77. The number of sulfonamides is 1. The summed E-state index contributed by atoms with van der Waals surface area (Å²) in [6, 6.07) is 11.3. The summed E-state index contributed by atoms with van der Waals surface area (Å²) in [5.41, 5.74) is 1.24. The van der Waals surface area contributed by atoms with Gasteiger partial charge in [-0.2, -0.15) is 0 Å². The van der Waals surface area contributed by atoms with Gasteiger partial charge in [-0.15, -0.1) is 10.2 Å². The number of carbonyl (C=O) groups is 1. The maximum absolute atomic E-state index is 13.5. The van der Waals surface area contributed by atoms with Crippen LogP contribution in [0.15, 0.2) is 51.7 Å². The maximum atomic E-state index is 13.5. The van der Waals surface area contributed by atoms with Crippen LogP contribution >= 0.6 is 23.1 Å². The molecule has 9 nitrogen and oxygen atoms in total. The summed E-state index contributed by atoms with van der Waals surface area (Å²) in [6.07, 6.45) is 0.789. The molecule has 0 saturated carbocycles. The Morgan fingerprint density at radius 3 is 2.66 bits per heavy atom. The van der Waals surface area contributed by atoms with Crippen molar-refractivity contribution in [1.29, 1.82) is 0 Å². The SMILES string of the molecule is COc1ccc(S(=O)(=O)N2C[C@@H](C(=O)Nc3nnc(SC)s3)Oc3ccc(C)cc32)cc1. The second-order valence-electron chi connectivity index (χ2n) is 6.86. The lowest BCUT2D eigenvalue weighted by molar-refractivity contribution is -0.122. The van der Waals surface area contributed by atoms with Gasteiger partial charge in [0.15, 0.2) is 10.4 Å². The molecule has 1 N–H and O–H groups in total. The summed E-state index contributed by atoms with van der Waals surface area (Å²) in [7, 11) is -2.46. The van der Waals surface area contributed by atoms with Gasteiger partial charge in [0.1, 0.15) is 11.5 Å². The number of hydrogen-bond donors (Lipinski definition) is 1. The van der Waals surface area contributed by atoms with E-state index in [9.17, 15) is 13.2 Å². The van der Waals surface area contributed by atoms with E-state index < -0.39 is 22.0 Å². The van der Waals surface area contributed by atoms with Crippen LogP contribution in [0.25, 0.3) is 0 Å². The molecule has 1 amide bonds. The Hall–Kier alpha value is -2.83. The topological polar surface area (TPSA) is 111 Å². The number of aromatic nitrogens is 2. The van der Waals surface area contributed by atoms with E-state index in [4.69, 9.17) is 9.47 Å². The molecule has 1 aliphatic rings. The van der Waals surface area contributed by atoms with Crippen LogP contribution in [0.1, 0.15) is 5.56 Å². The van der Waals surface area contributed by atoms with Crippen molar-refractivity contribution in [3.8, 4) is 11.5 Å². The number of aryl methyl sites for hydroxylation is 1. The van der Waals surface area contributed by atoms with Crippen LogP contribution in [0.5, 0.6) is 11.5 Å². The molecule has 0 bridgehead atoms. The Balaban J connectivity index is 1.67. The minimum Gasteiger partial charge on any atom is -0.497 e. The largest absolute Gasteiger partial charge is 0.497 e. The number of nitrogens with zero attached hydrogens (tertiary/aromatic N) is 3. The number of fused-ring (bicyclic) bond motifs is 1. The number of methoxy groups -OCH3 is 1. The van der Waals surface area contributed by atoms with E-state index in [1.165, 1.54) is 46.6 Å². The second-order valence-corrected chi connectivity index (χ2v) is 10.7. The second kappa shape index (κ2) is 8.96. The normalized spacial score (nSPS) is 15.6. The standard InChI is InChI=1S/C20H20N4O5S3/c1-12-4-9-16-15(10-12)24(32(26,27)14-7-5-13(28-2)6-8-14)11-17(29-16)18(25)21-19-22-23-20(30-3)31-19/h4-10,17H,11H2,1-3H3,(H,21,22,25)/t17-/m0/s1. The average molecular weight is 493 g/mol. The number of thioether (sulfide) groups is 1. The zero-order valence-electron chi connectivity index (χ0n) is 17.4. The van der Waals surface area contributed by atoms with Gasteiger partial charge in [-0.05, 0) is 55.1 Å². The summed E-state index contributed by atoms with van der Waals surface area (Å²) in [6.45, 7) is 1.67. The van der Waals surface area contributed by atoms with Gasteiger partial charge < -0.3 is 9.47 Å². The highest BCUT2D eigenvalue weighted by atomic mass is 32.2. The van der Waals surface area contributed by atoms with Crippen LogP contribution in [0, 0.1) is 6.92 Å². The fourth-order valence-electron chi connectivity index (χ4n) is 3.13. The average Bonchev–Trinajstić information content (AvgIpc) is 3.25. The molecule has 0 fully saturated rings. The monoisotopic (exact) mass is 492 g/mol. The molecule has 0 unspecified atom stereocenters. The van der Waals surface area contributed by atoms with E-state index in [0.717, 1.165) is 5.56 Å². The Labute approximate surface area is 193 Å². The zero-order valence-corrected chi connectivity index (χ0v) is 19.9. The molecule has 0 radical (unpaired) electrons. The third-order valence-corrected chi connectivity index (χ3v) is 8.34. The van der Waals surface area contributed by atoms with Crippen molar-refractivity contribution in [2.24, 2.45) is 0 Å². The molecular weight excluding hydrogens is 472 g/mol. The maximum Gasteiger partial charge on any atom is 0.269 e. The molecule has 3 aromatic rings. The van der Waals surface area contributed by atoms with E-state index in [1.807, 2.05) is 13.2 Å². The molecule has 0 saturated heterocycles. The lowest BCUT2D eigenvalue weighted by Gasteiger charge is -2.34. The van der Waals surface area contributed by atoms with E-state index in [1.54, 1.807) is 30.3 Å². The molecule has 1 aromatic heterocycles. The fraction of sp³-hybridized carbons (Fsp3) is 0.250. The molecule has 0 spiro atoms. The predicted molar refractivity (Wildman–Crippen MR) is 123 cm³/mol. The minimum absolute atomic E-state index is 0.0838. The molecule has 12 heteroatoms. The van der Waals surface area contributed by atoms with Crippen molar-refractivity contribution in [2.45, 2.75) is 22.3 Å². The first-order chi connectivity index (χ1) is 15.3. The first kappa shape index (κ1) is 22.4. The number of amides is 1. The van der Waals surface area contributed by atoms with Gasteiger partial charge in [0, 0.05) is 0 Å². The van der Waals surface area contributed by atoms with Crippen LogP contribution in [-0.4, -0.2) is 50.5 Å². The van der Waals surface area contributed by atoms with Crippen molar-refractivity contribution in [3.63, 3.8) is 0 Å². The minimum atomic E-state index is -3.97. The molecule has 1 atom stereocenters. The smallest absolute Gasteiger partial charge is 0.269 e. The summed E-state index contributed by atoms with van der Waals surface area (Å²) in [5, 5.41) is 10.9. The highest BCUT2D eigenvalue weighted by molar-refractivity contribution is 8.00. The molecule has 168 valence electrons. The number of ether oxygens (including phenoxy) is 2. The highest BCUT2D eigenvalue weighted by Gasteiger charge is 2.38. The van der Waals surface area contributed by atoms with Crippen LogP contribution in [0.2, 0.25) is 0 Å². The Morgan fingerprint density at radius 1 is 1.25 bits per heavy atom. The molecule has 32 heavy (non-hydrogen) atoms. The number of nitrogens with one attached hydrogen (secondary N) is 1. The predicted octanol–water partition coefficient (Wildman–Crippen LogP) is 3.17. The molecule has 4 rings (SSSR count). The zero-order chi connectivity index (χ0) is 22.9. The summed E-state index contributed by atoms with van der Waals surface area (Å²) in [4.78, 5) is 13.0. The Bertz CT molecular complexity index is 1240. The molecular formula is C20H20N4O5S3. The van der Waals surface area contributed by atoms with Crippen molar-refractivity contribution >= 4 is 49.8 Å². The van der Waals surface area contributed by atoms with Crippen molar-refractivity contribution < 1.29 is 22.7 Å². The van der Waals surface area contributed by atoms with E-state index in [2.05, 4.69) is 15.5 Å². The summed E-state index contributed by atoms with van der Waals surface area (Å²) in [5.74, 6) is 0.345.